The zero-order chi connectivity index (χ0) is 13.3. The van der Waals surface area contributed by atoms with E-state index in [0.717, 1.165) is 0 Å². The molecule has 3 nitrogen and oxygen atoms in total. The lowest BCUT2D eigenvalue weighted by Crippen LogP contribution is -2.50. The van der Waals surface area contributed by atoms with E-state index in [9.17, 15) is 13.2 Å². The first-order valence-corrected chi connectivity index (χ1v) is 5.78. The van der Waals surface area contributed by atoms with Crippen molar-refractivity contribution >= 4 is 0 Å². The van der Waals surface area contributed by atoms with Gasteiger partial charge in [0.15, 0.2) is 0 Å². The number of halogens is 3. The van der Waals surface area contributed by atoms with Crippen molar-refractivity contribution in [1.29, 1.82) is 0 Å². The van der Waals surface area contributed by atoms with Crippen molar-refractivity contribution in [1.82, 2.24) is 4.90 Å². The summed E-state index contributed by atoms with van der Waals surface area (Å²) >= 11 is 0. The largest absolute Gasteiger partial charge is 0.393 e. The molecule has 0 saturated carbocycles. The Morgan fingerprint density at radius 3 is 2.41 bits per heavy atom. The van der Waals surface area contributed by atoms with E-state index < -0.39 is 17.6 Å². The number of methoxy groups -OCH3 is 1. The van der Waals surface area contributed by atoms with Crippen LogP contribution in [0.25, 0.3) is 0 Å². The van der Waals surface area contributed by atoms with E-state index in [1.165, 1.54) is 7.11 Å². The number of hydrogen-bond donors (Lipinski definition) is 1. The lowest BCUT2D eigenvalue weighted by Gasteiger charge is -2.38. The molecule has 17 heavy (non-hydrogen) atoms. The standard InChI is InChI=1S/C11H21F3N2O/c1-10(2)9(11(12,13)14)4-5-16(10)7-8(6-15)17-3/h8-9H,4-7,15H2,1-3H3. The average Bonchev–Trinajstić information content (AvgIpc) is 2.49. The highest BCUT2D eigenvalue weighted by Crippen LogP contribution is 2.44. The van der Waals surface area contributed by atoms with Gasteiger partial charge in [0, 0.05) is 25.7 Å². The van der Waals surface area contributed by atoms with E-state index in [-0.39, 0.29) is 12.5 Å². The molecule has 0 radical (unpaired) electrons. The fourth-order valence-electron chi connectivity index (χ4n) is 2.53. The molecular weight excluding hydrogens is 233 g/mol. The minimum absolute atomic E-state index is 0.150. The van der Waals surface area contributed by atoms with Crippen LogP contribution in [0.4, 0.5) is 13.2 Å². The first kappa shape index (κ1) is 14.7. The first-order valence-electron chi connectivity index (χ1n) is 5.78. The quantitative estimate of drug-likeness (QED) is 0.828. The van der Waals surface area contributed by atoms with Crippen LogP contribution in [0.2, 0.25) is 0 Å². The molecule has 0 aromatic heterocycles. The van der Waals surface area contributed by atoms with Crippen molar-refractivity contribution in [3.05, 3.63) is 0 Å². The summed E-state index contributed by atoms with van der Waals surface area (Å²) in [7, 11) is 1.53. The summed E-state index contributed by atoms with van der Waals surface area (Å²) in [6.07, 6.45) is -4.19. The van der Waals surface area contributed by atoms with E-state index in [2.05, 4.69) is 0 Å². The monoisotopic (exact) mass is 254 g/mol. The molecule has 1 rings (SSSR count). The van der Waals surface area contributed by atoms with E-state index in [0.29, 0.717) is 19.6 Å². The Balaban J connectivity index is 2.72. The van der Waals surface area contributed by atoms with Crippen molar-refractivity contribution in [2.75, 3.05) is 26.7 Å². The van der Waals surface area contributed by atoms with Gasteiger partial charge in [0.05, 0.1) is 12.0 Å². The zero-order valence-corrected chi connectivity index (χ0v) is 10.5. The summed E-state index contributed by atoms with van der Waals surface area (Å²) in [5, 5.41) is 0. The fraction of sp³-hybridized carbons (Fsp3) is 1.00. The van der Waals surface area contributed by atoms with Gasteiger partial charge in [-0.15, -0.1) is 0 Å². The predicted molar refractivity (Wildman–Crippen MR) is 59.7 cm³/mol. The molecule has 0 bridgehead atoms. The second-order valence-corrected chi connectivity index (χ2v) is 5.08. The Labute approximate surface area is 100 Å². The molecule has 1 aliphatic heterocycles. The molecular formula is C11H21F3N2O. The topological polar surface area (TPSA) is 38.5 Å². The number of rotatable bonds is 4. The molecule has 2 unspecified atom stereocenters. The number of likely N-dealkylation sites (tertiary alicyclic amines) is 1. The smallest absolute Gasteiger partial charge is 0.379 e. The van der Waals surface area contributed by atoms with Crippen LogP contribution in [0.3, 0.4) is 0 Å². The average molecular weight is 254 g/mol. The van der Waals surface area contributed by atoms with Gasteiger partial charge in [-0.25, -0.2) is 0 Å². The van der Waals surface area contributed by atoms with E-state index in [4.69, 9.17) is 10.5 Å². The molecule has 1 heterocycles. The number of nitrogens with two attached hydrogens (primary N) is 1. The van der Waals surface area contributed by atoms with Crippen LogP contribution >= 0.6 is 0 Å². The highest BCUT2D eigenvalue weighted by atomic mass is 19.4. The zero-order valence-electron chi connectivity index (χ0n) is 10.5. The molecule has 0 amide bonds. The van der Waals surface area contributed by atoms with Gasteiger partial charge in [-0.3, -0.25) is 4.90 Å². The SMILES string of the molecule is COC(CN)CN1CCC(C(F)(F)F)C1(C)C. The summed E-state index contributed by atoms with van der Waals surface area (Å²) in [4.78, 5) is 1.83. The normalized spacial score (nSPS) is 27.4. The second-order valence-electron chi connectivity index (χ2n) is 5.08. The Bertz CT molecular complexity index is 252. The summed E-state index contributed by atoms with van der Waals surface area (Å²) in [6.45, 7) is 4.49. The summed E-state index contributed by atoms with van der Waals surface area (Å²) in [6, 6.07) is 0. The lowest BCUT2D eigenvalue weighted by molar-refractivity contribution is -0.192. The Hall–Kier alpha value is -0.330. The molecule has 0 aromatic rings. The van der Waals surface area contributed by atoms with Crippen LogP contribution in [0, 0.1) is 5.92 Å². The maximum atomic E-state index is 12.8. The van der Waals surface area contributed by atoms with Gasteiger partial charge in [-0.1, -0.05) is 0 Å². The van der Waals surface area contributed by atoms with Crippen molar-refractivity contribution in [3.8, 4) is 0 Å². The van der Waals surface area contributed by atoms with Crippen LogP contribution in [0.15, 0.2) is 0 Å². The van der Waals surface area contributed by atoms with Gasteiger partial charge in [-0.05, 0) is 26.8 Å². The molecule has 2 N–H and O–H groups in total. The van der Waals surface area contributed by atoms with Crippen molar-refractivity contribution in [2.45, 2.75) is 38.1 Å². The number of ether oxygens (including phenoxy) is 1. The molecule has 2 atom stereocenters. The molecule has 1 saturated heterocycles. The third-order valence-electron chi connectivity index (χ3n) is 3.77. The molecule has 0 spiro atoms. The number of alkyl halides is 3. The maximum Gasteiger partial charge on any atom is 0.393 e. The van der Waals surface area contributed by atoms with Gasteiger partial charge < -0.3 is 10.5 Å². The summed E-state index contributed by atoms with van der Waals surface area (Å²) in [5.74, 6) is -1.27. The highest BCUT2D eigenvalue weighted by Gasteiger charge is 2.54. The van der Waals surface area contributed by atoms with Gasteiger partial charge in [0.2, 0.25) is 0 Å². The third-order valence-corrected chi connectivity index (χ3v) is 3.77. The predicted octanol–water partition coefficient (Wildman–Crippen LogP) is 1.62. The second kappa shape index (κ2) is 5.12. The Kier molecular flexibility index (Phi) is 4.43. The van der Waals surface area contributed by atoms with Crippen molar-refractivity contribution in [2.24, 2.45) is 11.7 Å². The molecule has 0 aromatic carbocycles. The van der Waals surface area contributed by atoms with Crippen LogP contribution in [-0.4, -0.2) is 49.5 Å². The van der Waals surface area contributed by atoms with Crippen LogP contribution < -0.4 is 5.73 Å². The molecule has 6 heteroatoms. The Morgan fingerprint density at radius 2 is 2.06 bits per heavy atom. The van der Waals surface area contributed by atoms with E-state index >= 15 is 0 Å². The van der Waals surface area contributed by atoms with Crippen LogP contribution in [0.5, 0.6) is 0 Å². The summed E-state index contributed by atoms with van der Waals surface area (Å²) in [5.41, 5.74) is 4.61. The summed E-state index contributed by atoms with van der Waals surface area (Å²) < 4.78 is 43.7. The van der Waals surface area contributed by atoms with E-state index in [1.54, 1.807) is 13.8 Å². The van der Waals surface area contributed by atoms with Crippen LogP contribution in [-0.2, 0) is 4.74 Å². The third kappa shape index (κ3) is 3.11. The van der Waals surface area contributed by atoms with Crippen molar-refractivity contribution < 1.29 is 17.9 Å². The minimum Gasteiger partial charge on any atom is -0.379 e. The number of hydrogen-bond acceptors (Lipinski definition) is 3. The molecule has 0 aliphatic carbocycles. The molecule has 1 aliphatic rings. The van der Waals surface area contributed by atoms with Gasteiger partial charge >= 0.3 is 6.18 Å². The lowest BCUT2D eigenvalue weighted by atomic mass is 9.88. The Morgan fingerprint density at radius 1 is 1.47 bits per heavy atom. The van der Waals surface area contributed by atoms with Gasteiger partial charge in [0.25, 0.3) is 0 Å². The fourth-order valence-corrected chi connectivity index (χ4v) is 2.53. The van der Waals surface area contributed by atoms with Crippen molar-refractivity contribution in [3.63, 3.8) is 0 Å². The highest BCUT2D eigenvalue weighted by molar-refractivity contribution is 4.99. The van der Waals surface area contributed by atoms with E-state index in [1.807, 2.05) is 4.90 Å². The number of nitrogens with zero attached hydrogens (tertiary/aromatic N) is 1. The van der Waals surface area contributed by atoms with Crippen LogP contribution in [0.1, 0.15) is 20.3 Å². The van der Waals surface area contributed by atoms with Gasteiger partial charge in [0.1, 0.15) is 0 Å². The maximum absolute atomic E-state index is 12.8. The minimum atomic E-state index is -4.14. The molecule has 1 fully saturated rings. The van der Waals surface area contributed by atoms with Gasteiger partial charge in [-0.2, -0.15) is 13.2 Å². The molecule has 102 valence electrons. The first-order chi connectivity index (χ1) is 7.73.